The predicted octanol–water partition coefficient (Wildman–Crippen LogP) is 1.11. The Hall–Kier alpha value is -1.65. The van der Waals surface area contributed by atoms with Crippen molar-refractivity contribution in [1.82, 2.24) is 4.98 Å². The topological polar surface area (TPSA) is 80.4 Å². The zero-order valence-electron chi connectivity index (χ0n) is 6.90. The second-order valence-corrected chi connectivity index (χ2v) is 2.54. The van der Waals surface area contributed by atoms with Gasteiger partial charge < -0.3 is 9.52 Å². The Labute approximate surface area is 74.4 Å². The molecule has 0 bridgehead atoms. The van der Waals surface area contributed by atoms with Crippen LogP contribution in [0.2, 0.25) is 0 Å². The third kappa shape index (κ3) is 3.06. The fraction of sp³-hybridized carbons (Fsp3) is 0.375. The van der Waals surface area contributed by atoms with Crippen LogP contribution in [0.25, 0.3) is 0 Å². The molecule has 70 valence electrons. The first kappa shape index (κ1) is 9.44. The van der Waals surface area contributed by atoms with E-state index in [0.29, 0.717) is 6.42 Å². The third-order valence-electron chi connectivity index (χ3n) is 1.50. The van der Waals surface area contributed by atoms with Gasteiger partial charge >= 0.3 is 5.97 Å². The number of hydrogen-bond acceptors (Lipinski definition) is 4. The zero-order chi connectivity index (χ0) is 9.68. The summed E-state index contributed by atoms with van der Waals surface area (Å²) in [4.78, 5) is 24.9. The van der Waals surface area contributed by atoms with Gasteiger partial charge in [0.05, 0.1) is 6.20 Å². The molecule has 1 aromatic rings. The number of carbonyl (C=O) groups is 2. The maximum Gasteiger partial charge on any atom is 0.303 e. The molecule has 0 saturated heterocycles. The highest BCUT2D eigenvalue weighted by Crippen LogP contribution is 2.05. The number of carbonyl (C=O) groups excluding carboxylic acids is 1. The summed E-state index contributed by atoms with van der Waals surface area (Å²) < 4.78 is 4.74. The Kier molecular flexibility index (Phi) is 3.19. The summed E-state index contributed by atoms with van der Waals surface area (Å²) in [6.45, 7) is 0. The van der Waals surface area contributed by atoms with E-state index >= 15 is 0 Å². The number of aromatic nitrogens is 1. The van der Waals surface area contributed by atoms with E-state index in [9.17, 15) is 9.59 Å². The standard InChI is InChI=1S/C8H9NO4/c10-6(2-1-3-8(11)12)7-4-9-5-13-7/h4-5H,1-3H2,(H,11,12). The Morgan fingerprint density at radius 1 is 1.46 bits per heavy atom. The molecule has 1 aromatic heterocycles. The van der Waals surface area contributed by atoms with Gasteiger partial charge in [0.25, 0.3) is 0 Å². The van der Waals surface area contributed by atoms with Crippen molar-refractivity contribution < 1.29 is 19.1 Å². The van der Waals surface area contributed by atoms with Crippen molar-refractivity contribution in [2.45, 2.75) is 19.3 Å². The van der Waals surface area contributed by atoms with Gasteiger partial charge in [0.1, 0.15) is 0 Å². The molecule has 0 radical (unpaired) electrons. The summed E-state index contributed by atoms with van der Waals surface area (Å²) in [6.07, 6.45) is 3.00. The van der Waals surface area contributed by atoms with Crippen LogP contribution >= 0.6 is 0 Å². The van der Waals surface area contributed by atoms with Crippen molar-refractivity contribution in [3.63, 3.8) is 0 Å². The van der Waals surface area contributed by atoms with Crippen molar-refractivity contribution in [1.29, 1.82) is 0 Å². The highest BCUT2D eigenvalue weighted by atomic mass is 16.4. The molecule has 0 aliphatic carbocycles. The maximum atomic E-state index is 11.2. The van der Waals surface area contributed by atoms with Crippen molar-refractivity contribution in [2.24, 2.45) is 0 Å². The molecule has 0 unspecified atom stereocenters. The zero-order valence-corrected chi connectivity index (χ0v) is 6.90. The van der Waals surface area contributed by atoms with E-state index in [0.717, 1.165) is 0 Å². The van der Waals surface area contributed by atoms with Crippen molar-refractivity contribution in [3.05, 3.63) is 18.4 Å². The first-order valence-electron chi connectivity index (χ1n) is 3.83. The molecule has 0 atom stereocenters. The first-order chi connectivity index (χ1) is 6.20. The van der Waals surface area contributed by atoms with Gasteiger partial charge in [-0.25, -0.2) is 4.98 Å². The maximum absolute atomic E-state index is 11.2. The lowest BCUT2D eigenvalue weighted by Gasteiger charge is -1.93. The molecule has 1 rings (SSSR count). The summed E-state index contributed by atoms with van der Waals surface area (Å²) >= 11 is 0. The number of Topliss-reactive ketones (excluding diaryl/α,β-unsaturated/α-hetero) is 1. The normalized spacial score (nSPS) is 9.85. The Balaban J connectivity index is 2.31. The number of carboxylic acids is 1. The van der Waals surface area contributed by atoms with Crippen LogP contribution in [0.5, 0.6) is 0 Å². The van der Waals surface area contributed by atoms with E-state index < -0.39 is 5.97 Å². The van der Waals surface area contributed by atoms with E-state index in [1.165, 1.54) is 12.6 Å². The van der Waals surface area contributed by atoms with E-state index in [2.05, 4.69) is 4.98 Å². The molecule has 0 aromatic carbocycles. The molecule has 5 heteroatoms. The largest absolute Gasteiger partial charge is 0.481 e. The van der Waals surface area contributed by atoms with Crippen molar-refractivity contribution in [3.8, 4) is 0 Å². The summed E-state index contributed by atoms with van der Waals surface area (Å²) in [5.41, 5.74) is 0. The molecule has 0 fully saturated rings. The molecule has 1 heterocycles. The third-order valence-corrected chi connectivity index (χ3v) is 1.50. The van der Waals surface area contributed by atoms with Gasteiger partial charge in [-0.15, -0.1) is 0 Å². The van der Waals surface area contributed by atoms with Gasteiger partial charge in [-0.3, -0.25) is 9.59 Å². The number of hydrogen-bond donors (Lipinski definition) is 1. The molecule has 1 N–H and O–H groups in total. The van der Waals surface area contributed by atoms with E-state index in [1.807, 2.05) is 0 Å². The Bertz CT molecular complexity index is 291. The van der Waals surface area contributed by atoms with Crippen LogP contribution in [0, 0.1) is 0 Å². The fourth-order valence-electron chi connectivity index (χ4n) is 0.877. The summed E-state index contributed by atoms with van der Waals surface area (Å²) in [5, 5.41) is 8.31. The quantitative estimate of drug-likeness (QED) is 0.691. The minimum absolute atomic E-state index is 0.000122. The van der Waals surface area contributed by atoms with E-state index in [-0.39, 0.29) is 24.4 Å². The average molecular weight is 183 g/mol. The van der Waals surface area contributed by atoms with Crippen LogP contribution in [0.3, 0.4) is 0 Å². The molecule has 5 nitrogen and oxygen atoms in total. The number of ketones is 1. The highest BCUT2D eigenvalue weighted by Gasteiger charge is 2.09. The van der Waals surface area contributed by atoms with Gasteiger partial charge in [0, 0.05) is 12.8 Å². The fourth-order valence-corrected chi connectivity index (χ4v) is 0.877. The molecule has 0 saturated carbocycles. The molecule has 0 aliphatic rings. The summed E-state index contributed by atoms with van der Waals surface area (Å²) in [5.74, 6) is -0.922. The first-order valence-corrected chi connectivity index (χ1v) is 3.83. The number of aliphatic carboxylic acids is 1. The highest BCUT2D eigenvalue weighted by molar-refractivity contribution is 5.93. The second kappa shape index (κ2) is 4.39. The van der Waals surface area contributed by atoms with E-state index in [1.54, 1.807) is 0 Å². The van der Waals surface area contributed by atoms with Gasteiger partial charge in [0.15, 0.2) is 17.9 Å². The number of rotatable bonds is 5. The van der Waals surface area contributed by atoms with Gasteiger partial charge in [-0.2, -0.15) is 0 Å². The summed E-state index contributed by atoms with van der Waals surface area (Å²) in [6, 6.07) is 0. The lowest BCUT2D eigenvalue weighted by Crippen LogP contribution is -2.00. The lowest BCUT2D eigenvalue weighted by molar-refractivity contribution is -0.137. The van der Waals surface area contributed by atoms with E-state index in [4.69, 9.17) is 9.52 Å². The molecular formula is C8H9NO4. The second-order valence-electron chi connectivity index (χ2n) is 2.54. The van der Waals surface area contributed by atoms with Crippen molar-refractivity contribution in [2.75, 3.05) is 0 Å². The van der Waals surface area contributed by atoms with Crippen LogP contribution in [0.1, 0.15) is 29.8 Å². The molecule has 0 amide bonds. The number of oxazole rings is 1. The number of carboxylic acid groups (broad SMARTS) is 1. The smallest absolute Gasteiger partial charge is 0.303 e. The van der Waals surface area contributed by atoms with Gasteiger partial charge in [-0.05, 0) is 6.42 Å². The van der Waals surface area contributed by atoms with Crippen molar-refractivity contribution >= 4 is 11.8 Å². The lowest BCUT2D eigenvalue weighted by atomic mass is 10.1. The minimum Gasteiger partial charge on any atom is -0.481 e. The monoisotopic (exact) mass is 183 g/mol. The summed E-state index contributed by atoms with van der Waals surface area (Å²) in [7, 11) is 0. The molecule has 0 aliphatic heterocycles. The minimum atomic E-state index is -0.898. The number of nitrogens with zero attached hydrogens (tertiary/aromatic N) is 1. The molecular weight excluding hydrogens is 174 g/mol. The van der Waals surface area contributed by atoms with Crippen LogP contribution < -0.4 is 0 Å². The van der Waals surface area contributed by atoms with Crippen LogP contribution in [0.15, 0.2) is 17.0 Å². The Morgan fingerprint density at radius 3 is 2.77 bits per heavy atom. The van der Waals surface area contributed by atoms with Gasteiger partial charge in [0.2, 0.25) is 0 Å². The SMILES string of the molecule is O=C(O)CCCC(=O)c1cnco1. The molecule has 0 spiro atoms. The van der Waals surface area contributed by atoms with Crippen LogP contribution in [-0.2, 0) is 4.79 Å². The van der Waals surface area contributed by atoms with Crippen LogP contribution in [-0.4, -0.2) is 21.8 Å². The van der Waals surface area contributed by atoms with Crippen LogP contribution in [0.4, 0.5) is 0 Å². The average Bonchev–Trinajstić information content (AvgIpc) is 2.55. The molecule has 13 heavy (non-hydrogen) atoms. The predicted molar refractivity (Wildman–Crippen MR) is 42.3 cm³/mol. The van der Waals surface area contributed by atoms with Gasteiger partial charge in [-0.1, -0.05) is 0 Å². The Morgan fingerprint density at radius 2 is 2.23 bits per heavy atom.